The van der Waals surface area contributed by atoms with Gasteiger partial charge in [-0.15, -0.1) is 11.3 Å². The van der Waals surface area contributed by atoms with E-state index in [0.717, 1.165) is 11.4 Å². The summed E-state index contributed by atoms with van der Waals surface area (Å²) in [6, 6.07) is 9.29. The molecule has 2 N–H and O–H groups in total. The molecule has 3 aromatic rings. The number of carbonyl (C=O) groups excluding carboxylic acids is 1. The number of nitrogens with zero attached hydrogens (tertiary/aromatic N) is 3. The molecule has 3 aromatic heterocycles. The van der Waals surface area contributed by atoms with Crippen molar-refractivity contribution in [3.05, 3.63) is 65.7 Å². The van der Waals surface area contributed by atoms with E-state index < -0.39 is 0 Å². The van der Waals surface area contributed by atoms with Gasteiger partial charge >= 0.3 is 0 Å². The van der Waals surface area contributed by atoms with Gasteiger partial charge in [-0.3, -0.25) is 14.8 Å². The number of carbonyl (C=O) groups is 1. The molecule has 3 rings (SSSR count). The van der Waals surface area contributed by atoms with Gasteiger partial charge in [0.25, 0.3) is 5.91 Å². The Balaban J connectivity index is 1.60. The van der Waals surface area contributed by atoms with E-state index >= 15 is 0 Å². The fraction of sp³-hybridized carbons (Fsp3) is 0.0667. The fourth-order valence-corrected chi connectivity index (χ4v) is 2.47. The third kappa shape index (κ3) is 3.64. The Morgan fingerprint density at radius 3 is 2.91 bits per heavy atom. The Morgan fingerprint density at radius 1 is 1.18 bits per heavy atom. The average Bonchev–Trinajstić information content (AvgIpc) is 3.03. The van der Waals surface area contributed by atoms with Crippen molar-refractivity contribution in [3.63, 3.8) is 0 Å². The molecule has 110 valence electrons. The lowest BCUT2D eigenvalue weighted by atomic mass is 10.3. The topological polar surface area (TPSA) is 79.8 Å². The van der Waals surface area contributed by atoms with Gasteiger partial charge in [0.05, 0.1) is 24.1 Å². The van der Waals surface area contributed by atoms with Gasteiger partial charge in [-0.2, -0.15) is 0 Å². The molecule has 22 heavy (non-hydrogen) atoms. The van der Waals surface area contributed by atoms with Crippen LogP contribution in [0.3, 0.4) is 0 Å². The minimum absolute atomic E-state index is 0.221. The van der Waals surface area contributed by atoms with Crippen LogP contribution in [-0.2, 0) is 6.54 Å². The van der Waals surface area contributed by atoms with Crippen molar-refractivity contribution in [2.45, 2.75) is 6.54 Å². The van der Waals surface area contributed by atoms with Crippen LogP contribution < -0.4 is 10.6 Å². The smallest absolute Gasteiger partial charge is 0.271 e. The van der Waals surface area contributed by atoms with Crippen LogP contribution >= 0.6 is 11.3 Å². The van der Waals surface area contributed by atoms with Crippen molar-refractivity contribution in [1.29, 1.82) is 0 Å². The van der Waals surface area contributed by atoms with E-state index in [1.807, 2.05) is 30.3 Å². The molecule has 0 radical (unpaired) electrons. The van der Waals surface area contributed by atoms with Gasteiger partial charge in [-0.1, -0.05) is 6.07 Å². The maximum atomic E-state index is 12.0. The van der Waals surface area contributed by atoms with E-state index in [4.69, 9.17) is 0 Å². The number of anilines is 2. The molecule has 0 saturated heterocycles. The number of hydrogen-bond acceptors (Lipinski definition) is 6. The average molecular weight is 311 g/mol. The van der Waals surface area contributed by atoms with Crippen molar-refractivity contribution < 1.29 is 4.79 Å². The highest BCUT2D eigenvalue weighted by molar-refractivity contribution is 7.14. The maximum absolute atomic E-state index is 12.0. The molecule has 0 spiro atoms. The highest BCUT2D eigenvalue weighted by Crippen LogP contribution is 2.20. The minimum atomic E-state index is -0.221. The monoisotopic (exact) mass is 311 g/mol. The van der Waals surface area contributed by atoms with Gasteiger partial charge in [0.2, 0.25) is 0 Å². The fourth-order valence-electron chi connectivity index (χ4n) is 1.76. The van der Waals surface area contributed by atoms with Crippen LogP contribution in [0.5, 0.6) is 0 Å². The zero-order chi connectivity index (χ0) is 15.2. The molecular weight excluding hydrogens is 298 g/mol. The molecule has 0 aromatic carbocycles. The molecule has 0 unspecified atom stereocenters. The van der Waals surface area contributed by atoms with Crippen molar-refractivity contribution >= 4 is 28.1 Å². The van der Waals surface area contributed by atoms with Gasteiger partial charge in [0, 0.05) is 17.8 Å². The lowest BCUT2D eigenvalue weighted by Crippen LogP contribution is -2.23. The first kappa shape index (κ1) is 14.2. The van der Waals surface area contributed by atoms with E-state index in [2.05, 4.69) is 25.6 Å². The second-order valence-corrected chi connectivity index (χ2v) is 5.27. The van der Waals surface area contributed by atoms with Crippen LogP contribution in [0.25, 0.3) is 0 Å². The first-order valence-electron chi connectivity index (χ1n) is 6.62. The van der Waals surface area contributed by atoms with Gasteiger partial charge in [-0.25, -0.2) is 4.98 Å². The standard InChI is InChI=1S/C15H13N5OS/c21-14(18-9-11-4-1-2-7-17-11)13-10-22-15(20-13)19-12-5-3-6-16-8-12/h1-8,10H,9H2,(H,18,21)(H,19,20). The number of amides is 1. The summed E-state index contributed by atoms with van der Waals surface area (Å²) in [6.07, 6.45) is 5.09. The summed E-state index contributed by atoms with van der Waals surface area (Å²) in [6.45, 7) is 0.378. The van der Waals surface area contributed by atoms with Crippen molar-refractivity contribution in [2.24, 2.45) is 0 Å². The molecule has 0 aliphatic carbocycles. The van der Waals surface area contributed by atoms with E-state index in [1.165, 1.54) is 11.3 Å². The molecule has 7 heteroatoms. The number of aromatic nitrogens is 3. The zero-order valence-corrected chi connectivity index (χ0v) is 12.4. The van der Waals surface area contributed by atoms with Crippen LogP contribution in [0.2, 0.25) is 0 Å². The molecule has 0 bridgehead atoms. The summed E-state index contributed by atoms with van der Waals surface area (Å²) in [7, 11) is 0. The third-order valence-corrected chi connectivity index (χ3v) is 3.56. The number of thiazole rings is 1. The van der Waals surface area contributed by atoms with Crippen LogP contribution in [0.1, 0.15) is 16.2 Å². The number of rotatable bonds is 5. The number of hydrogen-bond donors (Lipinski definition) is 2. The Kier molecular flexibility index (Phi) is 4.35. The van der Waals surface area contributed by atoms with Gasteiger partial charge in [-0.05, 0) is 24.3 Å². The van der Waals surface area contributed by atoms with Gasteiger partial charge in [0.1, 0.15) is 5.69 Å². The number of nitrogens with one attached hydrogen (secondary N) is 2. The first-order valence-corrected chi connectivity index (χ1v) is 7.50. The highest BCUT2D eigenvalue weighted by Gasteiger charge is 2.10. The predicted molar refractivity (Wildman–Crippen MR) is 85.0 cm³/mol. The SMILES string of the molecule is O=C(NCc1ccccn1)c1csc(Nc2cccnc2)n1. The molecule has 0 aliphatic rings. The molecule has 3 heterocycles. The van der Waals surface area contributed by atoms with Gasteiger partial charge < -0.3 is 10.6 Å². The van der Waals surface area contributed by atoms with Crippen LogP contribution in [0, 0.1) is 0 Å². The summed E-state index contributed by atoms with van der Waals surface area (Å²) in [5.41, 5.74) is 2.02. The highest BCUT2D eigenvalue weighted by atomic mass is 32.1. The molecule has 0 aliphatic heterocycles. The van der Waals surface area contributed by atoms with Crippen molar-refractivity contribution in [1.82, 2.24) is 20.3 Å². The Bertz CT molecular complexity index is 745. The van der Waals surface area contributed by atoms with Crippen molar-refractivity contribution in [3.8, 4) is 0 Å². The summed E-state index contributed by atoms with van der Waals surface area (Å²) in [5, 5.41) is 8.26. The summed E-state index contributed by atoms with van der Waals surface area (Å²) in [5.74, 6) is -0.221. The first-order chi connectivity index (χ1) is 10.8. The molecule has 0 atom stereocenters. The quantitative estimate of drug-likeness (QED) is 0.757. The van der Waals surface area contributed by atoms with Crippen LogP contribution in [0.15, 0.2) is 54.3 Å². The lowest BCUT2D eigenvalue weighted by Gasteiger charge is -2.02. The third-order valence-electron chi connectivity index (χ3n) is 2.81. The van der Waals surface area contributed by atoms with E-state index in [9.17, 15) is 4.79 Å². The van der Waals surface area contributed by atoms with E-state index in [-0.39, 0.29) is 5.91 Å². The maximum Gasteiger partial charge on any atom is 0.271 e. The predicted octanol–water partition coefficient (Wildman–Crippen LogP) is 2.61. The zero-order valence-electron chi connectivity index (χ0n) is 11.6. The second-order valence-electron chi connectivity index (χ2n) is 4.41. The van der Waals surface area contributed by atoms with E-state index in [0.29, 0.717) is 17.4 Å². The summed E-state index contributed by atoms with van der Waals surface area (Å²) >= 11 is 1.37. The second kappa shape index (κ2) is 6.77. The Labute approximate surface area is 131 Å². The van der Waals surface area contributed by atoms with Crippen LogP contribution in [0.4, 0.5) is 10.8 Å². The largest absolute Gasteiger partial charge is 0.345 e. The van der Waals surface area contributed by atoms with E-state index in [1.54, 1.807) is 24.0 Å². The lowest BCUT2D eigenvalue weighted by molar-refractivity contribution is 0.0946. The Morgan fingerprint density at radius 2 is 2.14 bits per heavy atom. The summed E-state index contributed by atoms with van der Waals surface area (Å²) < 4.78 is 0. The molecule has 0 saturated carbocycles. The molecular formula is C15H13N5OS. The molecule has 6 nitrogen and oxygen atoms in total. The summed E-state index contributed by atoms with van der Waals surface area (Å²) in [4.78, 5) is 24.5. The van der Waals surface area contributed by atoms with Crippen molar-refractivity contribution in [2.75, 3.05) is 5.32 Å². The normalized spacial score (nSPS) is 10.2. The minimum Gasteiger partial charge on any atom is -0.345 e. The van der Waals surface area contributed by atoms with Gasteiger partial charge in [0.15, 0.2) is 5.13 Å². The molecule has 0 fully saturated rings. The molecule has 1 amide bonds. The number of pyridine rings is 2. The van der Waals surface area contributed by atoms with Crippen LogP contribution in [-0.4, -0.2) is 20.9 Å². The Hall–Kier alpha value is -2.80.